The van der Waals surface area contributed by atoms with E-state index in [2.05, 4.69) is 15.6 Å². The van der Waals surface area contributed by atoms with Crippen LogP contribution >= 0.6 is 0 Å². The van der Waals surface area contributed by atoms with Gasteiger partial charge in [-0.15, -0.1) is 0 Å². The van der Waals surface area contributed by atoms with Crippen molar-refractivity contribution in [2.24, 2.45) is 4.99 Å². The summed E-state index contributed by atoms with van der Waals surface area (Å²) in [6, 6.07) is 7.21. The first-order valence-electron chi connectivity index (χ1n) is 5.84. The molecule has 6 nitrogen and oxygen atoms in total. The summed E-state index contributed by atoms with van der Waals surface area (Å²) in [7, 11) is 0. The Labute approximate surface area is 110 Å². The number of nitrogens with zero attached hydrogens (tertiary/aromatic N) is 1. The molecule has 0 saturated carbocycles. The number of benzene rings is 1. The monoisotopic (exact) mass is 261 g/mol. The minimum atomic E-state index is -0.904. The zero-order valence-electron chi connectivity index (χ0n) is 11.0. The average Bonchev–Trinajstić information content (AvgIpc) is 2.51. The standard InChI is InChI=1S/C13H15N3O3/c1-8-5-4-6-9(7-8)14-12(18)19-11-15-10(17)13(2,3)16-11/h4-7H,1-3H3,(H,14,18)(H,15,16,17). The van der Waals surface area contributed by atoms with E-state index in [1.165, 1.54) is 0 Å². The third-order valence-corrected chi connectivity index (χ3v) is 2.61. The lowest BCUT2D eigenvalue weighted by Gasteiger charge is -2.06. The summed E-state index contributed by atoms with van der Waals surface area (Å²) >= 11 is 0. The van der Waals surface area contributed by atoms with Gasteiger partial charge in [0.2, 0.25) is 0 Å². The third kappa shape index (κ3) is 3.09. The second kappa shape index (κ2) is 4.72. The van der Waals surface area contributed by atoms with E-state index in [1.54, 1.807) is 26.0 Å². The van der Waals surface area contributed by atoms with Gasteiger partial charge in [-0.3, -0.25) is 15.4 Å². The minimum Gasteiger partial charge on any atom is -0.375 e. The molecule has 0 bridgehead atoms. The number of anilines is 1. The molecule has 0 aromatic heterocycles. The summed E-state index contributed by atoms with van der Waals surface area (Å²) in [5, 5.41) is 4.96. The highest BCUT2D eigenvalue weighted by Gasteiger charge is 2.36. The Morgan fingerprint density at radius 1 is 1.42 bits per heavy atom. The molecule has 1 aliphatic rings. The molecule has 0 radical (unpaired) electrons. The fourth-order valence-electron chi connectivity index (χ4n) is 1.58. The van der Waals surface area contributed by atoms with Gasteiger partial charge in [-0.25, -0.2) is 9.79 Å². The van der Waals surface area contributed by atoms with Crippen molar-refractivity contribution in [2.45, 2.75) is 26.3 Å². The number of ether oxygens (including phenoxy) is 1. The van der Waals surface area contributed by atoms with Crippen molar-refractivity contribution in [1.29, 1.82) is 0 Å². The molecule has 0 spiro atoms. The molecule has 0 fully saturated rings. The predicted octanol–water partition coefficient (Wildman–Crippen LogP) is 1.81. The lowest BCUT2D eigenvalue weighted by atomic mass is 10.1. The van der Waals surface area contributed by atoms with Gasteiger partial charge in [-0.1, -0.05) is 12.1 Å². The van der Waals surface area contributed by atoms with Crippen molar-refractivity contribution in [3.63, 3.8) is 0 Å². The van der Waals surface area contributed by atoms with Crippen LogP contribution in [0.4, 0.5) is 10.5 Å². The zero-order chi connectivity index (χ0) is 14.0. The topological polar surface area (TPSA) is 79.8 Å². The van der Waals surface area contributed by atoms with Crippen LogP contribution in [-0.2, 0) is 9.53 Å². The van der Waals surface area contributed by atoms with Gasteiger partial charge in [0.15, 0.2) is 0 Å². The van der Waals surface area contributed by atoms with Gasteiger partial charge in [0.25, 0.3) is 5.91 Å². The van der Waals surface area contributed by atoms with Crippen molar-refractivity contribution >= 4 is 23.7 Å². The Bertz CT molecular complexity index is 564. The number of nitrogens with one attached hydrogen (secondary N) is 2. The fourth-order valence-corrected chi connectivity index (χ4v) is 1.58. The molecule has 0 aliphatic carbocycles. The molecule has 100 valence electrons. The van der Waals surface area contributed by atoms with E-state index >= 15 is 0 Å². The number of aryl methyl sites for hydroxylation is 1. The number of amides is 2. The molecule has 0 unspecified atom stereocenters. The van der Waals surface area contributed by atoms with Crippen molar-refractivity contribution < 1.29 is 14.3 Å². The highest BCUT2D eigenvalue weighted by molar-refractivity contribution is 6.08. The fraction of sp³-hybridized carbons (Fsp3) is 0.308. The van der Waals surface area contributed by atoms with E-state index in [4.69, 9.17) is 4.74 Å². The lowest BCUT2D eigenvalue weighted by molar-refractivity contribution is -0.122. The summed E-state index contributed by atoms with van der Waals surface area (Å²) in [5.41, 5.74) is 0.735. The molecule has 2 amide bonds. The molecule has 1 aromatic carbocycles. The van der Waals surface area contributed by atoms with Crippen LogP contribution in [0.25, 0.3) is 0 Å². The number of carbonyl (C=O) groups excluding carboxylic acids is 2. The maximum Gasteiger partial charge on any atom is 0.419 e. The lowest BCUT2D eigenvalue weighted by Crippen LogP contribution is -2.36. The van der Waals surface area contributed by atoms with Crippen LogP contribution < -0.4 is 10.6 Å². The third-order valence-electron chi connectivity index (χ3n) is 2.61. The van der Waals surface area contributed by atoms with Gasteiger partial charge >= 0.3 is 12.1 Å². The second-order valence-corrected chi connectivity index (χ2v) is 4.81. The van der Waals surface area contributed by atoms with Crippen LogP contribution in [0.1, 0.15) is 19.4 Å². The molecule has 1 aromatic rings. The van der Waals surface area contributed by atoms with Crippen molar-refractivity contribution in [3.05, 3.63) is 29.8 Å². The number of carbonyl (C=O) groups is 2. The first kappa shape index (κ1) is 13.1. The summed E-state index contributed by atoms with van der Waals surface area (Å²) in [6.45, 7) is 5.19. The number of rotatable bonds is 1. The smallest absolute Gasteiger partial charge is 0.375 e. The Hall–Kier alpha value is -2.37. The number of aliphatic imine (C=N–C) groups is 1. The Morgan fingerprint density at radius 2 is 2.16 bits per heavy atom. The van der Waals surface area contributed by atoms with Gasteiger partial charge in [0.1, 0.15) is 5.54 Å². The summed E-state index contributed by atoms with van der Waals surface area (Å²) in [4.78, 5) is 27.1. The second-order valence-electron chi connectivity index (χ2n) is 4.81. The van der Waals surface area contributed by atoms with Gasteiger partial charge in [-0.2, -0.15) is 0 Å². The summed E-state index contributed by atoms with van der Waals surface area (Å²) < 4.78 is 4.93. The predicted molar refractivity (Wildman–Crippen MR) is 70.9 cm³/mol. The maximum absolute atomic E-state index is 11.6. The van der Waals surface area contributed by atoms with Crippen LogP contribution in [-0.4, -0.2) is 23.6 Å². The van der Waals surface area contributed by atoms with Crippen molar-refractivity contribution in [1.82, 2.24) is 5.32 Å². The van der Waals surface area contributed by atoms with Crippen LogP contribution in [0.2, 0.25) is 0 Å². The van der Waals surface area contributed by atoms with Crippen molar-refractivity contribution in [2.75, 3.05) is 5.32 Å². The Morgan fingerprint density at radius 3 is 2.74 bits per heavy atom. The first-order chi connectivity index (χ1) is 8.87. The molecule has 2 N–H and O–H groups in total. The molecule has 0 saturated heterocycles. The van der Waals surface area contributed by atoms with E-state index in [0.29, 0.717) is 5.69 Å². The SMILES string of the molecule is Cc1cccc(NC(=O)OC2=NC(C)(C)C(=O)N2)c1. The van der Waals surface area contributed by atoms with Crippen LogP contribution in [0.15, 0.2) is 29.3 Å². The number of hydrogen-bond donors (Lipinski definition) is 2. The van der Waals surface area contributed by atoms with Gasteiger partial charge in [-0.05, 0) is 38.5 Å². The van der Waals surface area contributed by atoms with E-state index in [9.17, 15) is 9.59 Å². The van der Waals surface area contributed by atoms with Gasteiger partial charge in [0.05, 0.1) is 0 Å². The zero-order valence-corrected chi connectivity index (χ0v) is 11.0. The molecular weight excluding hydrogens is 246 g/mol. The Kier molecular flexibility index (Phi) is 3.25. The first-order valence-corrected chi connectivity index (χ1v) is 5.84. The van der Waals surface area contributed by atoms with Crippen LogP contribution in [0, 0.1) is 6.92 Å². The van der Waals surface area contributed by atoms with E-state index in [0.717, 1.165) is 5.56 Å². The highest BCUT2D eigenvalue weighted by atomic mass is 16.6. The minimum absolute atomic E-state index is 0.0832. The molecule has 2 rings (SSSR count). The van der Waals surface area contributed by atoms with E-state index < -0.39 is 11.6 Å². The van der Waals surface area contributed by atoms with E-state index in [1.807, 2.05) is 19.1 Å². The van der Waals surface area contributed by atoms with E-state index in [-0.39, 0.29) is 11.9 Å². The van der Waals surface area contributed by atoms with Gasteiger partial charge < -0.3 is 4.74 Å². The summed E-state index contributed by atoms with van der Waals surface area (Å²) in [5.74, 6) is -0.300. The molecule has 1 aliphatic heterocycles. The normalized spacial score (nSPS) is 16.6. The molecular formula is C13H15N3O3. The molecule has 0 atom stereocenters. The molecule has 6 heteroatoms. The quantitative estimate of drug-likeness (QED) is 0.809. The van der Waals surface area contributed by atoms with Crippen molar-refractivity contribution in [3.8, 4) is 0 Å². The van der Waals surface area contributed by atoms with Crippen LogP contribution in [0.5, 0.6) is 0 Å². The molecule has 19 heavy (non-hydrogen) atoms. The highest BCUT2D eigenvalue weighted by Crippen LogP contribution is 2.15. The Balaban J connectivity index is 1.98. The number of hydrogen-bond acceptors (Lipinski definition) is 4. The maximum atomic E-state index is 11.6. The molecule has 1 heterocycles. The summed E-state index contributed by atoms with van der Waals surface area (Å²) in [6.07, 6.45) is -0.692. The largest absolute Gasteiger partial charge is 0.419 e. The van der Waals surface area contributed by atoms with Gasteiger partial charge in [0, 0.05) is 5.69 Å². The number of amidine groups is 1. The average molecular weight is 261 g/mol. The van der Waals surface area contributed by atoms with Crippen LogP contribution in [0.3, 0.4) is 0 Å².